The Hall–Kier alpha value is -1.14. The molecular formula is C18H28NO8P. The van der Waals surface area contributed by atoms with Crippen LogP contribution in [0.15, 0.2) is 0 Å². The van der Waals surface area contributed by atoms with E-state index in [0.29, 0.717) is 0 Å². The van der Waals surface area contributed by atoms with E-state index in [1.807, 2.05) is 6.07 Å². The summed E-state index contributed by atoms with van der Waals surface area (Å²) in [4.78, 5) is 23.0. The second-order valence-corrected chi connectivity index (χ2v) is 7.46. The first-order chi connectivity index (χ1) is 14.8. The number of Topliss-reactive ketones (excluding diaryl/α,β-unsaturated/α-hetero) is 1. The number of ketones is 1. The van der Waals surface area contributed by atoms with Gasteiger partial charge in [-0.1, -0.05) is 0 Å². The molecule has 0 saturated carbocycles. The van der Waals surface area contributed by atoms with Crippen molar-refractivity contribution in [3.63, 3.8) is 0 Å². The molecule has 158 valence electrons. The lowest BCUT2D eigenvalue weighted by atomic mass is 10.2. The maximum Gasteiger partial charge on any atom is 0.333 e. The number of nitrogens with zero attached hydrogens (tertiary/aromatic N) is 1. The fourth-order valence-electron chi connectivity index (χ4n) is 2.42. The molecule has 2 aliphatic rings. The van der Waals surface area contributed by atoms with Gasteiger partial charge < -0.3 is 32.6 Å². The number of carbonyl (C=O) groups is 2. The maximum absolute atomic E-state index is 11.9. The zero-order chi connectivity index (χ0) is 22.8. The molecule has 2 aliphatic heterocycles. The van der Waals surface area contributed by atoms with Crippen molar-refractivity contribution in [3.05, 3.63) is 0 Å². The van der Waals surface area contributed by atoms with Gasteiger partial charge >= 0.3 is 14.6 Å². The average molecular weight is 422 g/mol. The molecule has 0 aromatic heterocycles. The molecule has 0 aromatic rings. The van der Waals surface area contributed by atoms with Gasteiger partial charge in [-0.25, -0.2) is 0 Å². The molecule has 7 atom stereocenters. The smallest absolute Gasteiger partial charge is 0.333 e. The lowest BCUT2D eigenvalue weighted by Gasteiger charge is -2.24. The highest BCUT2D eigenvalue weighted by Crippen LogP contribution is 2.44. The van der Waals surface area contributed by atoms with Gasteiger partial charge in [-0.05, 0) is 20.2 Å². The molecule has 9 nitrogen and oxygen atoms in total. The van der Waals surface area contributed by atoms with Gasteiger partial charge in [-0.15, -0.1) is 0 Å². The minimum Gasteiger partial charge on any atom is -0.459 e. The highest BCUT2D eigenvalue weighted by molar-refractivity contribution is 7.41. The number of carbonyl (C=O) groups excluding carboxylic acids is 2. The second-order valence-electron chi connectivity index (χ2n) is 6.29. The molecule has 5 unspecified atom stereocenters. The van der Waals surface area contributed by atoms with Crippen LogP contribution in [-0.4, -0.2) is 62.5 Å². The maximum atomic E-state index is 11.9. The van der Waals surface area contributed by atoms with Crippen LogP contribution < -0.4 is 0 Å². The summed E-state index contributed by atoms with van der Waals surface area (Å²) < 4.78 is 56.2. The van der Waals surface area contributed by atoms with Crippen molar-refractivity contribution in [1.29, 1.82) is 5.26 Å². The molecule has 0 bridgehead atoms. The van der Waals surface area contributed by atoms with Crippen LogP contribution in [0.4, 0.5) is 0 Å². The lowest BCUT2D eigenvalue weighted by molar-refractivity contribution is -0.153. The van der Waals surface area contributed by atoms with E-state index in [4.69, 9.17) is 37.2 Å². The van der Waals surface area contributed by atoms with Crippen molar-refractivity contribution in [2.75, 3.05) is 26.4 Å². The van der Waals surface area contributed by atoms with Crippen molar-refractivity contribution < 1.29 is 41.5 Å². The van der Waals surface area contributed by atoms with E-state index in [1.165, 1.54) is 6.92 Å². The van der Waals surface area contributed by atoms with Crippen LogP contribution in [0.25, 0.3) is 0 Å². The number of ether oxygens (including phenoxy) is 3. The van der Waals surface area contributed by atoms with E-state index in [1.54, 1.807) is 0 Å². The molecular weight excluding hydrogens is 389 g/mol. The van der Waals surface area contributed by atoms with Gasteiger partial charge in [0.2, 0.25) is 0 Å². The highest BCUT2D eigenvalue weighted by Gasteiger charge is 2.35. The monoisotopic (exact) mass is 422 g/mol. The lowest BCUT2D eigenvalue weighted by Crippen LogP contribution is -2.31. The summed E-state index contributed by atoms with van der Waals surface area (Å²) >= 11 is 0. The third-order valence-electron chi connectivity index (χ3n) is 3.97. The largest absolute Gasteiger partial charge is 0.459 e. The van der Waals surface area contributed by atoms with E-state index in [0.717, 1.165) is 0 Å². The van der Waals surface area contributed by atoms with Crippen LogP contribution >= 0.6 is 8.60 Å². The van der Waals surface area contributed by atoms with Crippen LogP contribution in [0, 0.1) is 11.3 Å². The fourth-order valence-corrected chi connectivity index (χ4v) is 3.57. The Labute approximate surface area is 170 Å². The molecule has 0 aromatic carbocycles. The third kappa shape index (κ3) is 8.08. The molecule has 10 heteroatoms. The predicted molar refractivity (Wildman–Crippen MR) is 98.1 cm³/mol. The number of esters is 1. The Balaban J connectivity index is 1.90. The molecule has 0 amide bonds. The molecule has 0 N–H and O–H groups in total. The predicted octanol–water partition coefficient (Wildman–Crippen LogP) is 2.42. The summed E-state index contributed by atoms with van der Waals surface area (Å²) in [5.74, 6) is -0.665. The van der Waals surface area contributed by atoms with Gasteiger partial charge in [0, 0.05) is 20.8 Å². The highest BCUT2D eigenvalue weighted by atomic mass is 31.2. The average Bonchev–Trinajstić information content (AvgIpc) is 3.25. The molecule has 2 rings (SSSR count). The first-order valence-electron chi connectivity index (χ1n) is 10.9. The SMILES string of the molecule is [2H]C[C@H]1OC([3H])CC1OP(OCCC#N)OC[C@H]1OC([3H])CC1OC(=O)CCC(C)=O. The van der Waals surface area contributed by atoms with Crippen LogP contribution in [0.3, 0.4) is 0 Å². The van der Waals surface area contributed by atoms with Gasteiger partial charge in [0.05, 0.1) is 53.7 Å². The van der Waals surface area contributed by atoms with Crippen LogP contribution in [-0.2, 0) is 37.4 Å². The van der Waals surface area contributed by atoms with Crippen molar-refractivity contribution >= 4 is 20.4 Å². The van der Waals surface area contributed by atoms with Gasteiger partial charge in [0.25, 0.3) is 0 Å². The Morgan fingerprint density at radius 2 is 2.07 bits per heavy atom. The topological polar surface area (TPSA) is 113 Å². The first-order valence-corrected chi connectivity index (χ1v) is 10.1. The van der Waals surface area contributed by atoms with Crippen LogP contribution in [0.1, 0.15) is 50.0 Å². The summed E-state index contributed by atoms with van der Waals surface area (Å²) in [5, 5.41) is 8.72. The zero-order valence-corrected chi connectivity index (χ0v) is 16.7. The molecule has 2 saturated heterocycles. The Morgan fingerprint density at radius 1 is 1.29 bits per heavy atom. The number of nitriles is 1. The summed E-state index contributed by atoms with van der Waals surface area (Å²) in [6.45, 7) is -0.376. The molecule has 28 heavy (non-hydrogen) atoms. The van der Waals surface area contributed by atoms with Gasteiger partial charge in [0.1, 0.15) is 18.0 Å². The van der Waals surface area contributed by atoms with Crippen molar-refractivity contribution in [2.24, 2.45) is 0 Å². The number of hydrogen-bond donors (Lipinski definition) is 0. The van der Waals surface area contributed by atoms with Crippen LogP contribution in [0.5, 0.6) is 0 Å². The molecule has 0 spiro atoms. The van der Waals surface area contributed by atoms with Crippen molar-refractivity contribution in [1.82, 2.24) is 0 Å². The Kier molecular flexibility index (Phi) is 8.37. The molecule has 2 fully saturated rings. The van der Waals surface area contributed by atoms with Gasteiger partial charge in [0.15, 0.2) is 0 Å². The molecule has 0 radical (unpaired) electrons. The Bertz CT molecular complexity index is 639. The first kappa shape index (κ1) is 18.9. The standard InChI is InChI=1S/C18H28NO8P/c1-13(20)4-5-18(21)26-16-7-11-23-17(16)12-25-28(24-9-3-8-19)27-15-6-10-22-14(15)2/h14-17H,3-7,9-12H2,1-2H3/t14-,15?,16?,17-,28?/m1/s1/i2D,10T,11T/t10?,11?,14-,15?,16?,17-,28?. The minimum atomic E-state index is -1.94. The molecule has 2 heterocycles. The summed E-state index contributed by atoms with van der Waals surface area (Å²) in [6.07, 6.45) is -1.95. The normalized spacial score (nSPS) is 34.8. The molecule has 0 aliphatic carbocycles. The van der Waals surface area contributed by atoms with E-state index in [-0.39, 0.29) is 58.0 Å². The van der Waals surface area contributed by atoms with Gasteiger partial charge in [-0.3, -0.25) is 4.79 Å². The van der Waals surface area contributed by atoms with E-state index < -0.39 is 52.2 Å². The second kappa shape index (κ2) is 12.4. The fraction of sp³-hybridized carbons (Fsp3) is 0.833. The minimum absolute atomic E-state index is 0.0420. The van der Waals surface area contributed by atoms with E-state index in [9.17, 15) is 9.59 Å². The summed E-state index contributed by atoms with van der Waals surface area (Å²) in [7, 11) is -1.94. The zero-order valence-electron chi connectivity index (χ0n) is 18.8. The van der Waals surface area contributed by atoms with E-state index in [2.05, 4.69) is 0 Å². The summed E-state index contributed by atoms with van der Waals surface area (Å²) in [6, 6.07) is 1.95. The third-order valence-corrected chi connectivity index (χ3v) is 5.16. The number of rotatable bonds is 12. The van der Waals surface area contributed by atoms with Gasteiger partial charge in [-0.2, -0.15) is 5.26 Å². The Morgan fingerprint density at radius 3 is 2.82 bits per heavy atom. The van der Waals surface area contributed by atoms with Crippen LogP contribution in [0.2, 0.25) is 0 Å². The summed E-state index contributed by atoms with van der Waals surface area (Å²) in [5.41, 5.74) is 0. The number of hydrogen-bond acceptors (Lipinski definition) is 9. The van der Waals surface area contributed by atoms with E-state index >= 15 is 0 Å². The van der Waals surface area contributed by atoms with Crippen molar-refractivity contribution in [3.8, 4) is 6.07 Å². The quantitative estimate of drug-likeness (QED) is 0.266. The van der Waals surface area contributed by atoms with Crippen molar-refractivity contribution in [2.45, 2.75) is 70.3 Å².